The molecule has 33 heavy (non-hydrogen) atoms. The van der Waals surface area contributed by atoms with Crippen LogP contribution in [0.3, 0.4) is 0 Å². The Hall–Kier alpha value is -3.16. The Labute approximate surface area is 196 Å². The molecule has 0 radical (unpaired) electrons. The minimum atomic E-state index is -0.106. The fourth-order valence-corrected chi connectivity index (χ4v) is 3.86. The van der Waals surface area contributed by atoms with Crippen molar-refractivity contribution in [2.45, 2.75) is 33.6 Å². The van der Waals surface area contributed by atoms with Crippen LogP contribution in [-0.2, 0) is 9.59 Å². The molecule has 8 nitrogen and oxygen atoms in total. The lowest BCUT2D eigenvalue weighted by molar-refractivity contribution is -0.142. The Balaban J connectivity index is 1.56. The van der Waals surface area contributed by atoms with Crippen LogP contribution in [0, 0.1) is 5.92 Å². The maximum atomic E-state index is 12.9. The first kappa shape index (κ1) is 24.5. The van der Waals surface area contributed by atoms with Crippen LogP contribution in [0.15, 0.2) is 36.4 Å². The van der Waals surface area contributed by atoms with E-state index in [1.807, 2.05) is 55.1 Å². The Kier molecular flexibility index (Phi) is 8.63. The number of hydrogen-bond donors (Lipinski definition) is 0. The number of benzene rings is 1. The first-order chi connectivity index (χ1) is 15.9. The first-order valence-electron chi connectivity index (χ1n) is 11.7. The molecule has 1 aromatic heterocycles. The average molecular weight is 454 g/mol. The first-order valence-corrected chi connectivity index (χ1v) is 11.7. The second-order valence-electron chi connectivity index (χ2n) is 8.64. The maximum Gasteiger partial charge on any atom is 0.242 e. The lowest BCUT2D eigenvalue weighted by atomic mass is 10.1. The number of piperazine rings is 1. The van der Waals surface area contributed by atoms with Gasteiger partial charge in [-0.2, -0.15) is 0 Å². The molecule has 2 amide bonds. The third kappa shape index (κ3) is 6.43. The van der Waals surface area contributed by atoms with Crippen molar-refractivity contribution in [3.63, 3.8) is 0 Å². The summed E-state index contributed by atoms with van der Waals surface area (Å²) in [4.78, 5) is 31.1. The highest BCUT2D eigenvalue weighted by atomic mass is 16.5. The second-order valence-corrected chi connectivity index (χ2v) is 8.64. The van der Waals surface area contributed by atoms with Gasteiger partial charge in [-0.05, 0) is 30.7 Å². The summed E-state index contributed by atoms with van der Waals surface area (Å²) in [5.74, 6) is 1.53. The number of rotatable bonds is 9. The Morgan fingerprint density at radius 1 is 1.09 bits per heavy atom. The van der Waals surface area contributed by atoms with Crippen LogP contribution in [0.25, 0.3) is 11.3 Å². The van der Waals surface area contributed by atoms with Crippen molar-refractivity contribution >= 4 is 17.6 Å². The summed E-state index contributed by atoms with van der Waals surface area (Å²) >= 11 is 0. The fraction of sp³-hybridized carbons (Fsp3) is 0.520. The highest BCUT2D eigenvalue weighted by Gasteiger charge is 2.26. The monoisotopic (exact) mass is 453 g/mol. The quantitative estimate of drug-likeness (QED) is 0.581. The SMILES string of the molecule is CCCCN(CC(=O)N1CCN(c2ccc(-c3cccc(OC)c3)nn2)CC1)C(=O)C(C)C. The number of amides is 2. The van der Waals surface area contributed by atoms with Crippen molar-refractivity contribution in [2.24, 2.45) is 5.92 Å². The normalized spacial score (nSPS) is 13.8. The van der Waals surface area contributed by atoms with Gasteiger partial charge in [0.15, 0.2) is 5.82 Å². The molecule has 1 aromatic carbocycles. The largest absolute Gasteiger partial charge is 0.497 e. The molecular formula is C25H35N5O3. The molecule has 1 aliphatic rings. The molecule has 8 heteroatoms. The van der Waals surface area contributed by atoms with Gasteiger partial charge in [-0.3, -0.25) is 9.59 Å². The lowest BCUT2D eigenvalue weighted by Gasteiger charge is -2.36. The zero-order valence-electron chi connectivity index (χ0n) is 20.2. The van der Waals surface area contributed by atoms with Gasteiger partial charge >= 0.3 is 0 Å². The van der Waals surface area contributed by atoms with Crippen molar-refractivity contribution in [2.75, 3.05) is 51.3 Å². The Bertz CT molecular complexity index is 924. The van der Waals surface area contributed by atoms with E-state index in [2.05, 4.69) is 22.0 Å². The summed E-state index contributed by atoms with van der Waals surface area (Å²) < 4.78 is 5.28. The molecule has 0 unspecified atom stereocenters. The molecule has 1 saturated heterocycles. The summed E-state index contributed by atoms with van der Waals surface area (Å²) in [5, 5.41) is 8.79. The van der Waals surface area contributed by atoms with E-state index in [1.54, 1.807) is 12.0 Å². The Morgan fingerprint density at radius 3 is 2.45 bits per heavy atom. The molecular weight excluding hydrogens is 418 g/mol. The van der Waals surface area contributed by atoms with Crippen LogP contribution in [0.2, 0.25) is 0 Å². The van der Waals surface area contributed by atoms with Crippen LogP contribution in [-0.4, -0.2) is 78.2 Å². The van der Waals surface area contributed by atoms with Crippen molar-refractivity contribution < 1.29 is 14.3 Å². The molecule has 0 atom stereocenters. The standard InChI is InChI=1S/C25H35N5O3/c1-5-6-12-30(25(32)19(2)3)18-24(31)29-15-13-28(14-16-29)23-11-10-22(26-27-23)20-8-7-9-21(17-20)33-4/h7-11,17,19H,5-6,12-16,18H2,1-4H3. The number of aromatic nitrogens is 2. The number of carbonyl (C=O) groups is 2. The molecule has 0 saturated carbocycles. The molecule has 2 heterocycles. The molecule has 1 fully saturated rings. The van der Waals surface area contributed by atoms with E-state index in [0.29, 0.717) is 32.7 Å². The zero-order chi connectivity index (χ0) is 23.8. The van der Waals surface area contributed by atoms with Gasteiger partial charge in [0.05, 0.1) is 19.3 Å². The number of methoxy groups -OCH3 is 1. The van der Waals surface area contributed by atoms with Crippen molar-refractivity contribution in [3.05, 3.63) is 36.4 Å². The maximum absolute atomic E-state index is 12.9. The van der Waals surface area contributed by atoms with Crippen LogP contribution >= 0.6 is 0 Å². The van der Waals surface area contributed by atoms with E-state index in [0.717, 1.165) is 35.7 Å². The van der Waals surface area contributed by atoms with Crippen LogP contribution in [0.1, 0.15) is 33.6 Å². The third-order valence-electron chi connectivity index (χ3n) is 5.89. The van der Waals surface area contributed by atoms with Gasteiger partial charge in [0.25, 0.3) is 0 Å². The highest BCUT2D eigenvalue weighted by molar-refractivity contribution is 5.85. The topological polar surface area (TPSA) is 78.9 Å². The van der Waals surface area contributed by atoms with Crippen molar-refractivity contribution in [1.29, 1.82) is 0 Å². The zero-order valence-corrected chi connectivity index (χ0v) is 20.2. The summed E-state index contributed by atoms with van der Waals surface area (Å²) in [6.45, 7) is 9.23. The van der Waals surface area contributed by atoms with Gasteiger partial charge in [0.1, 0.15) is 5.75 Å². The number of hydrogen-bond acceptors (Lipinski definition) is 6. The van der Waals surface area contributed by atoms with Crippen LogP contribution in [0.5, 0.6) is 5.75 Å². The number of ether oxygens (including phenoxy) is 1. The second kappa shape index (κ2) is 11.6. The number of anilines is 1. The fourth-order valence-electron chi connectivity index (χ4n) is 3.86. The molecule has 3 rings (SSSR count). The predicted octanol–water partition coefficient (Wildman–Crippen LogP) is 3.09. The predicted molar refractivity (Wildman–Crippen MR) is 129 cm³/mol. The molecule has 0 bridgehead atoms. The van der Waals surface area contributed by atoms with Gasteiger partial charge in [-0.1, -0.05) is 39.3 Å². The summed E-state index contributed by atoms with van der Waals surface area (Å²) in [5.41, 5.74) is 1.74. The minimum Gasteiger partial charge on any atom is -0.497 e. The van der Waals surface area contributed by atoms with Crippen LogP contribution < -0.4 is 9.64 Å². The van der Waals surface area contributed by atoms with Crippen LogP contribution in [0.4, 0.5) is 5.82 Å². The smallest absolute Gasteiger partial charge is 0.242 e. The van der Waals surface area contributed by atoms with Gasteiger partial charge in [-0.25, -0.2) is 0 Å². The molecule has 0 aliphatic carbocycles. The summed E-state index contributed by atoms with van der Waals surface area (Å²) in [7, 11) is 1.64. The summed E-state index contributed by atoms with van der Waals surface area (Å²) in [6.07, 6.45) is 1.90. The average Bonchev–Trinajstić information content (AvgIpc) is 2.86. The number of carbonyl (C=O) groups excluding carboxylic acids is 2. The lowest BCUT2D eigenvalue weighted by Crippen LogP contribution is -2.52. The van der Waals surface area contributed by atoms with Gasteiger partial charge in [-0.15, -0.1) is 10.2 Å². The van der Waals surface area contributed by atoms with Gasteiger partial charge < -0.3 is 19.4 Å². The highest BCUT2D eigenvalue weighted by Crippen LogP contribution is 2.23. The number of unbranched alkanes of at least 4 members (excludes halogenated alkanes) is 1. The molecule has 2 aromatic rings. The van der Waals surface area contributed by atoms with E-state index >= 15 is 0 Å². The third-order valence-corrected chi connectivity index (χ3v) is 5.89. The molecule has 1 aliphatic heterocycles. The van der Waals surface area contributed by atoms with Crippen molar-refractivity contribution in [3.8, 4) is 17.0 Å². The molecule has 0 spiro atoms. The van der Waals surface area contributed by atoms with E-state index in [1.165, 1.54) is 0 Å². The summed E-state index contributed by atoms with van der Waals surface area (Å²) in [6, 6.07) is 11.7. The van der Waals surface area contributed by atoms with E-state index in [9.17, 15) is 9.59 Å². The van der Waals surface area contributed by atoms with Gasteiger partial charge in [0.2, 0.25) is 11.8 Å². The number of nitrogens with zero attached hydrogens (tertiary/aromatic N) is 5. The van der Waals surface area contributed by atoms with Crippen molar-refractivity contribution in [1.82, 2.24) is 20.0 Å². The Morgan fingerprint density at radius 2 is 1.85 bits per heavy atom. The molecule has 0 N–H and O–H groups in total. The molecule has 178 valence electrons. The van der Waals surface area contributed by atoms with Gasteiger partial charge in [0, 0.05) is 44.2 Å². The van der Waals surface area contributed by atoms with E-state index < -0.39 is 0 Å². The van der Waals surface area contributed by atoms with E-state index in [-0.39, 0.29) is 24.3 Å². The minimum absolute atomic E-state index is 0.0132. The van der Waals surface area contributed by atoms with E-state index in [4.69, 9.17) is 4.74 Å².